The third-order valence-electron chi connectivity index (χ3n) is 2.60. The summed E-state index contributed by atoms with van der Waals surface area (Å²) < 4.78 is 0. The topological polar surface area (TPSA) is 43.1 Å². The van der Waals surface area contributed by atoms with Crippen molar-refractivity contribution in [1.82, 2.24) is 0 Å². The van der Waals surface area contributed by atoms with E-state index in [0.29, 0.717) is 5.92 Å². The fraction of sp³-hybridized carbons (Fsp3) is 0.909. The molecule has 0 aliphatic heterocycles. The van der Waals surface area contributed by atoms with Gasteiger partial charge in [0.05, 0.1) is 6.04 Å². The molecule has 2 nitrogen and oxygen atoms in total. The number of rotatable bonds is 7. The lowest BCUT2D eigenvalue weighted by atomic mass is 9.93. The van der Waals surface area contributed by atoms with E-state index in [1.165, 1.54) is 25.7 Å². The number of ketones is 1. The molecule has 0 radical (unpaired) electrons. The first-order valence-corrected chi connectivity index (χ1v) is 5.35. The number of hydrogen-bond donors (Lipinski definition) is 1. The van der Waals surface area contributed by atoms with Crippen LogP contribution < -0.4 is 5.73 Å². The number of Topliss-reactive ketones (excluding diaryl/α,β-unsaturated/α-hetero) is 1. The Morgan fingerprint density at radius 3 is 2.38 bits per heavy atom. The van der Waals surface area contributed by atoms with Crippen LogP contribution in [0.15, 0.2) is 0 Å². The third kappa shape index (κ3) is 5.81. The van der Waals surface area contributed by atoms with Crippen molar-refractivity contribution < 1.29 is 4.79 Å². The quantitative estimate of drug-likeness (QED) is 0.619. The van der Waals surface area contributed by atoms with E-state index in [2.05, 4.69) is 13.8 Å². The predicted molar refractivity (Wildman–Crippen MR) is 56.6 cm³/mol. The van der Waals surface area contributed by atoms with E-state index in [9.17, 15) is 4.79 Å². The third-order valence-corrected chi connectivity index (χ3v) is 2.60. The molecule has 2 heteroatoms. The summed E-state index contributed by atoms with van der Waals surface area (Å²) in [5.74, 6) is 0.456. The molecule has 0 amide bonds. The van der Waals surface area contributed by atoms with Crippen LogP contribution in [-0.4, -0.2) is 11.8 Å². The van der Waals surface area contributed by atoms with Gasteiger partial charge in [0.1, 0.15) is 5.78 Å². The molecule has 0 rings (SSSR count). The van der Waals surface area contributed by atoms with Crippen LogP contribution in [0.3, 0.4) is 0 Å². The Morgan fingerprint density at radius 2 is 1.92 bits per heavy atom. The van der Waals surface area contributed by atoms with Crippen LogP contribution in [0.2, 0.25) is 0 Å². The van der Waals surface area contributed by atoms with Crippen molar-refractivity contribution in [3.05, 3.63) is 0 Å². The Bertz CT molecular complexity index is 145. The first-order valence-electron chi connectivity index (χ1n) is 5.35. The van der Waals surface area contributed by atoms with Crippen LogP contribution in [0.1, 0.15) is 52.9 Å². The highest BCUT2D eigenvalue weighted by atomic mass is 16.1. The smallest absolute Gasteiger partial charge is 0.146 e. The van der Waals surface area contributed by atoms with Gasteiger partial charge in [-0.05, 0) is 19.3 Å². The van der Waals surface area contributed by atoms with Crippen LogP contribution in [0, 0.1) is 5.92 Å². The van der Waals surface area contributed by atoms with Crippen molar-refractivity contribution in [3.63, 3.8) is 0 Å². The van der Waals surface area contributed by atoms with Crippen LogP contribution in [0.4, 0.5) is 0 Å². The highest BCUT2D eigenvalue weighted by molar-refractivity contribution is 5.81. The Hall–Kier alpha value is -0.370. The predicted octanol–water partition coefficient (Wildman–Crippen LogP) is 2.51. The van der Waals surface area contributed by atoms with Gasteiger partial charge in [-0.3, -0.25) is 4.79 Å². The molecule has 0 saturated heterocycles. The number of carbonyl (C=O) groups excluding carboxylic acids is 1. The van der Waals surface area contributed by atoms with Gasteiger partial charge in [-0.25, -0.2) is 0 Å². The summed E-state index contributed by atoms with van der Waals surface area (Å²) in [4.78, 5) is 10.9. The summed E-state index contributed by atoms with van der Waals surface area (Å²) in [6.07, 6.45) is 6.11. The monoisotopic (exact) mass is 185 g/mol. The van der Waals surface area contributed by atoms with Crippen molar-refractivity contribution in [3.8, 4) is 0 Å². The summed E-state index contributed by atoms with van der Waals surface area (Å²) >= 11 is 0. The maximum Gasteiger partial charge on any atom is 0.146 e. The lowest BCUT2D eigenvalue weighted by molar-refractivity contribution is -0.119. The molecule has 2 N–H and O–H groups in total. The molecule has 0 bridgehead atoms. The molecule has 78 valence electrons. The van der Waals surface area contributed by atoms with Gasteiger partial charge in [-0.2, -0.15) is 0 Å². The Labute approximate surface area is 81.9 Å². The highest BCUT2D eigenvalue weighted by Crippen LogP contribution is 2.13. The Balaban J connectivity index is 3.50. The van der Waals surface area contributed by atoms with Crippen molar-refractivity contribution in [2.45, 2.75) is 58.9 Å². The summed E-state index contributed by atoms with van der Waals surface area (Å²) in [5, 5.41) is 0. The maximum atomic E-state index is 10.9. The van der Waals surface area contributed by atoms with E-state index in [1.54, 1.807) is 6.92 Å². The molecule has 0 aromatic rings. The first-order chi connectivity index (χ1) is 6.09. The minimum atomic E-state index is -0.248. The molecule has 0 saturated carbocycles. The van der Waals surface area contributed by atoms with Crippen LogP contribution >= 0.6 is 0 Å². The van der Waals surface area contributed by atoms with Gasteiger partial charge in [-0.15, -0.1) is 0 Å². The largest absolute Gasteiger partial charge is 0.321 e. The second-order valence-electron chi connectivity index (χ2n) is 3.96. The molecule has 2 atom stereocenters. The van der Waals surface area contributed by atoms with Crippen molar-refractivity contribution in [1.29, 1.82) is 0 Å². The summed E-state index contributed by atoms with van der Waals surface area (Å²) in [6.45, 7) is 5.84. The second-order valence-corrected chi connectivity index (χ2v) is 3.96. The van der Waals surface area contributed by atoms with E-state index in [0.717, 1.165) is 6.42 Å². The minimum absolute atomic E-state index is 0.114. The van der Waals surface area contributed by atoms with E-state index in [4.69, 9.17) is 5.73 Å². The fourth-order valence-corrected chi connectivity index (χ4v) is 1.47. The Kier molecular flexibility index (Phi) is 6.87. The summed E-state index contributed by atoms with van der Waals surface area (Å²) in [5.41, 5.74) is 5.73. The van der Waals surface area contributed by atoms with Crippen LogP contribution in [-0.2, 0) is 4.79 Å². The standard InChI is InChI=1S/C11H23NO/c1-4-5-6-7-8-9(2)11(12)10(3)13/h9,11H,4-8,12H2,1-3H3/t9-,11+/m0/s1. The average molecular weight is 185 g/mol. The molecule has 0 aromatic carbocycles. The van der Waals surface area contributed by atoms with Gasteiger partial charge in [0.2, 0.25) is 0 Å². The van der Waals surface area contributed by atoms with E-state index >= 15 is 0 Å². The molecular formula is C11H23NO. The van der Waals surface area contributed by atoms with Gasteiger partial charge in [0, 0.05) is 0 Å². The summed E-state index contributed by atoms with van der Waals surface area (Å²) in [7, 11) is 0. The fourth-order valence-electron chi connectivity index (χ4n) is 1.47. The Morgan fingerprint density at radius 1 is 1.31 bits per heavy atom. The molecule has 0 spiro atoms. The zero-order valence-electron chi connectivity index (χ0n) is 9.18. The maximum absolute atomic E-state index is 10.9. The molecule has 0 heterocycles. The van der Waals surface area contributed by atoms with Gasteiger partial charge < -0.3 is 5.73 Å². The lowest BCUT2D eigenvalue weighted by Crippen LogP contribution is -2.35. The van der Waals surface area contributed by atoms with Crippen molar-refractivity contribution in [2.75, 3.05) is 0 Å². The number of carbonyl (C=O) groups is 1. The molecule has 0 fully saturated rings. The lowest BCUT2D eigenvalue weighted by Gasteiger charge is -2.16. The van der Waals surface area contributed by atoms with Gasteiger partial charge in [-0.1, -0.05) is 39.5 Å². The van der Waals surface area contributed by atoms with Crippen LogP contribution in [0.25, 0.3) is 0 Å². The second kappa shape index (κ2) is 7.07. The van der Waals surface area contributed by atoms with E-state index in [-0.39, 0.29) is 11.8 Å². The van der Waals surface area contributed by atoms with E-state index < -0.39 is 0 Å². The molecule has 13 heavy (non-hydrogen) atoms. The molecule has 0 aliphatic carbocycles. The SMILES string of the molecule is CCCCCC[C@H](C)[C@@H](N)C(C)=O. The zero-order valence-corrected chi connectivity index (χ0v) is 9.18. The molecule has 0 aliphatic rings. The molecule has 0 aromatic heterocycles. The number of unbranched alkanes of at least 4 members (excludes halogenated alkanes) is 3. The molecule has 0 unspecified atom stereocenters. The summed E-state index contributed by atoms with van der Waals surface area (Å²) in [6, 6.07) is -0.248. The minimum Gasteiger partial charge on any atom is -0.321 e. The average Bonchev–Trinajstić information content (AvgIpc) is 2.10. The number of nitrogens with two attached hydrogens (primary N) is 1. The first kappa shape index (κ1) is 12.6. The van der Waals surface area contributed by atoms with Crippen LogP contribution in [0.5, 0.6) is 0 Å². The van der Waals surface area contributed by atoms with Gasteiger partial charge in [0.25, 0.3) is 0 Å². The van der Waals surface area contributed by atoms with Crippen molar-refractivity contribution in [2.24, 2.45) is 11.7 Å². The van der Waals surface area contributed by atoms with E-state index in [1.807, 2.05) is 0 Å². The zero-order chi connectivity index (χ0) is 10.3. The van der Waals surface area contributed by atoms with Gasteiger partial charge in [0.15, 0.2) is 0 Å². The van der Waals surface area contributed by atoms with Gasteiger partial charge >= 0.3 is 0 Å². The normalized spacial score (nSPS) is 15.4. The highest BCUT2D eigenvalue weighted by Gasteiger charge is 2.15. The molecular weight excluding hydrogens is 162 g/mol. The van der Waals surface area contributed by atoms with Crippen molar-refractivity contribution >= 4 is 5.78 Å². The number of hydrogen-bond acceptors (Lipinski definition) is 2.